The van der Waals surface area contributed by atoms with E-state index in [1.54, 1.807) is 35.0 Å². The number of carbonyl (C=O) groups excluding carboxylic acids is 1. The fraction of sp³-hybridized carbons (Fsp3) is 0.278. The fourth-order valence-corrected chi connectivity index (χ4v) is 4.58. The third-order valence-electron chi connectivity index (χ3n) is 4.01. The Bertz CT molecular complexity index is 1210. The molecule has 0 radical (unpaired) electrons. The third-order valence-corrected chi connectivity index (χ3v) is 6.16. The van der Waals surface area contributed by atoms with Gasteiger partial charge < -0.3 is 4.57 Å². The third kappa shape index (κ3) is 3.79. The Hall–Kier alpha value is -2.52. The van der Waals surface area contributed by atoms with Crippen LogP contribution in [0.4, 0.5) is 0 Å². The molecule has 0 spiro atoms. The highest BCUT2D eigenvalue weighted by atomic mass is 32.2. The van der Waals surface area contributed by atoms with Crippen LogP contribution in [0.1, 0.15) is 23.1 Å². The molecule has 0 fully saturated rings. The number of benzene rings is 1. The number of carbonyl (C=O) groups is 1. The molecule has 1 aromatic carbocycles. The Balaban J connectivity index is 2.19. The Labute approximate surface area is 161 Å². The van der Waals surface area contributed by atoms with Gasteiger partial charge in [-0.3, -0.25) is 9.48 Å². The highest BCUT2D eigenvalue weighted by molar-refractivity contribution is 7.90. The van der Waals surface area contributed by atoms with Gasteiger partial charge in [-0.1, -0.05) is 17.4 Å². The lowest BCUT2D eigenvalue weighted by Crippen LogP contribution is -2.17. The van der Waals surface area contributed by atoms with Crippen molar-refractivity contribution in [3.05, 3.63) is 53.1 Å². The molecule has 2 heterocycles. The first-order valence-electron chi connectivity index (χ1n) is 8.32. The molecule has 0 unspecified atom stereocenters. The quantitative estimate of drug-likeness (QED) is 0.612. The minimum Gasteiger partial charge on any atom is -0.312 e. The Morgan fingerprint density at radius 1 is 1.37 bits per heavy atom. The second-order valence-electron chi connectivity index (χ2n) is 6.09. The number of amides is 1. The van der Waals surface area contributed by atoms with Crippen molar-refractivity contribution < 1.29 is 13.2 Å². The summed E-state index contributed by atoms with van der Waals surface area (Å²) < 4.78 is 27.9. The van der Waals surface area contributed by atoms with Gasteiger partial charge in [-0.15, -0.1) is 6.58 Å². The van der Waals surface area contributed by atoms with Crippen molar-refractivity contribution in [2.75, 3.05) is 6.26 Å². The van der Waals surface area contributed by atoms with Crippen LogP contribution in [0.25, 0.3) is 10.2 Å². The lowest BCUT2D eigenvalue weighted by atomic mass is 10.3. The molecule has 27 heavy (non-hydrogen) atoms. The van der Waals surface area contributed by atoms with Crippen molar-refractivity contribution >= 4 is 37.3 Å². The van der Waals surface area contributed by atoms with E-state index in [0.29, 0.717) is 23.6 Å². The Kier molecular flexibility index (Phi) is 5.16. The second kappa shape index (κ2) is 7.24. The standard InChI is InChI=1S/C18H20N4O3S2/c1-5-9-21-14-8-7-13(27(4,24)25)11-16(14)26-18(21)19-17(23)15-10-12(3)20-22(15)6-2/h5,7-8,10-11H,1,6,9H2,2-4H3. The largest absolute Gasteiger partial charge is 0.312 e. The zero-order chi connectivity index (χ0) is 19.8. The highest BCUT2D eigenvalue weighted by Crippen LogP contribution is 2.22. The summed E-state index contributed by atoms with van der Waals surface area (Å²) in [5.74, 6) is -0.384. The molecule has 0 N–H and O–H groups in total. The van der Waals surface area contributed by atoms with Crippen LogP contribution in [-0.4, -0.2) is 34.9 Å². The SMILES string of the molecule is C=CCn1c(=NC(=O)c2cc(C)nn2CC)sc2cc(S(C)(=O)=O)ccc21. The van der Waals surface area contributed by atoms with Crippen LogP contribution < -0.4 is 4.80 Å². The summed E-state index contributed by atoms with van der Waals surface area (Å²) in [5, 5.41) is 4.28. The second-order valence-corrected chi connectivity index (χ2v) is 9.11. The summed E-state index contributed by atoms with van der Waals surface area (Å²) in [6.07, 6.45) is 2.88. The van der Waals surface area contributed by atoms with Crippen LogP contribution in [0.2, 0.25) is 0 Å². The molecular formula is C18H20N4O3S2. The van der Waals surface area contributed by atoms with Crippen LogP contribution >= 0.6 is 11.3 Å². The lowest BCUT2D eigenvalue weighted by molar-refractivity contribution is 0.0987. The molecule has 142 valence electrons. The Morgan fingerprint density at radius 2 is 2.11 bits per heavy atom. The van der Waals surface area contributed by atoms with Crippen molar-refractivity contribution in [3.8, 4) is 0 Å². The number of rotatable bonds is 5. The van der Waals surface area contributed by atoms with Gasteiger partial charge in [0.15, 0.2) is 14.6 Å². The number of thiazole rings is 1. The van der Waals surface area contributed by atoms with Gasteiger partial charge in [0.25, 0.3) is 5.91 Å². The van der Waals surface area contributed by atoms with Gasteiger partial charge in [0.1, 0.15) is 5.69 Å². The monoisotopic (exact) mass is 404 g/mol. The van der Waals surface area contributed by atoms with Gasteiger partial charge in [-0.05, 0) is 38.1 Å². The first-order valence-corrected chi connectivity index (χ1v) is 11.0. The van der Waals surface area contributed by atoms with E-state index >= 15 is 0 Å². The molecule has 1 amide bonds. The van der Waals surface area contributed by atoms with Crippen LogP contribution in [0.15, 0.2) is 46.8 Å². The van der Waals surface area contributed by atoms with E-state index in [4.69, 9.17) is 0 Å². The van der Waals surface area contributed by atoms with Crippen LogP contribution in [0.5, 0.6) is 0 Å². The van der Waals surface area contributed by atoms with Crippen molar-refractivity contribution in [1.82, 2.24) is 14.3 Å². The molecule has 7 nitrogen and oxygen atoms in total. The maximum atomic E-state index is 12.7. The van der Waals surface area contributed by atoms with Crippen molar-refractivity contribution in [1.29, 1.82) is 0 Å². The summed E-state index contributed by atoms with van der Waals surface area (Å²) in [6, 6.07) is 6.61. The molecular weight excluding hydrogens is 384 g/mol. The van der Waals surface area contributed by atoms with E-state index in [1.807, 2.05) is 18.4 Å². The first-order chi connectivity index (χ1) is 12.7. The minimum atomic E-state index is -3.31. The number of fused-ring (bicyclic) bond motifs is 1. The zero-order valence-electron chi connectivity index (χ0n) is 15.3. The number of hydrogen-bond donors (Lipinski definition) is 0. The average Bonchev–Trinajstić information content (AvgIpc) is 3.14. The fourth-order valence-electron chi connectivity index (χ4n) is 2.78. The molecule has 0 bridgehead atoms. The molecule has 0 saturated carbocycles. The predicted octanol–water partition coefficient (Wildman–Crippen LogP) is 2.56. The smallest absolute Gasteiger partial charge is 0.297 e. The highest BCUT2D eigenvalue weighted by Gasteiger charge is 2.15. The minimum absolute atomic E-state index is 0.236. The number of hydrogen-bond acceptors (Lipinski definition) is 5. The van der Waals surface area contributed by atoms with E-state index in [-0.39, 0.29) is 10.8 Å². The van der Waals surface area contributed by atoms with E-state index in [9.17, 15) is 13.2 Å². The number of nitrogens with zero attached hydrogens (tertiary/aromatic N) is 4. The maximum absolute atomic E-state index is 12.7. The van der Waals surface area contributed by atoms with Crippen molar-refractivity contribution in [2.45, 2.75) is 31.8 Å². The molecule has 9 heteroatoms. The van der Waals surface area contributed by atoms with Crippen LogP contribution in [-0.2, 0) is 22.9 Å². The van der Waals surface area contributed by atoms with E-state index < -0.39 is 9.84 Å². The average molecular weight is 405 g/mol. The summed E-state index contributed by atoms with van der Waals surface area (Å²) >= 11 is 1.27. The molecule has 3 rings (SSSR count). The van der Waals surface area contributed by atoms with Gasteiger partial charge in [-0.2, -0.15) is 10.1 Å². The Morgan fingerprint density at radius 3 is 2.74 bits per heavy atom. The summed E-state index contributed by atoms with van der Waals surface area (Å²) in [4.78, 5) is 17.7. The van der Waals surface area contributed by atoms with Crippen LogP contribution in [0.3, 0.4) is 0 Å². The molecule has 0 aliphatic carbocycles. The number of sulfone groups is 1. The van der Waals surface area contributed by atoms with Gasteiger partial charge in [0.05, 0.1) is 20.8 Å². The molecule has 0 saturated heterocycles. The summed E-state index contributed by atoms with van der Waals surface area (Å²) in [6.45, 7) is 8.52. The molecule has 0 atom stereocenters. The maximum Gasteiger partial charge on any atom is 0.297 e. The van der Waals surface area contributed by atoms with Gasteiger partial charge in [0.2, 0.25) is 0 Å². The lowest BCUT2D eigenvalue weighted by Gasteiger charge is -2.03. The molecule has 2 aromatic heterocycles. The van der Waals surface area contributed by atoms with E-state index in [0.717, 1.165) is 15.9 Å². The summed E-state index contributed by atoms with van der Waals surface area (Å²) in [5.41, 5.74) is 1.98. The summed E-state index contributed by atoms with van der Waals surface area (Å²) in [7, 11) is -3.31. The predicted molar refractivity (Wildman–Crippen MR) is 106 cm³/mol. The van der Waals surface area contributed by atoms with Crippen molar-refractivity contribution in [3.63, 3.8) is 0 Å². The normalized spacial score (nSPS) is 12.6. The van der Waals surface area contributed by atoms with Gasteiger partial charge in [0, 0.05) is 19.3 Å². The van der Waals surface area contributed by atoms with Gasteiger partial charge in [-0.25, -0.2) is 8.42 Å². The van der Waals surface area contributed by atoms with Crippen molar-refractivity contribution in [2.24, 2.45) is 4.99 Å². The van der Waals surface area contributed by atoms with E-state index in [1.165, 1.54) is 17.6 Å². The molecule has 3 aromatic rings. The number of aryl methyl sites for hydroxylation is 2. The van der Waals surface area contributed by atoms with E-state index in [2.05, 4.69) is 16.7 Å². The van der Waals surface area contributed by atoms with Gasteiger partial charge >= 0.3 is 0 Å². The van der Waals surface area contributed by atoms with Crippen LogP contribution in [0, 0.1) is 6.92 Å². The number of aromatic nitrogens is 3. The zero-order valence-corrected chi connectivity index (χ0v) is 17.0. The molecule has 0 aliphatic heterocycles. The topological polar surface area (TPSA) is 86.3 Å². The first kappa shape index (κ1) is 19.2. The number of allylic oxidation sites excluding steroid dienone is 1. The molecule has 0 aliphatic rings.